The smallest absolute Gasteiger partial charge is 0.395 e. The summed E-state index contributed by atoms with van der Waals surface area (Å²) in [4.78, 5) is 0. The fraction of sp³-hybridized carbons (Fsp3) is 0.333. The van der Waals surface area contributed by atoms with Crippen LogP contribution in [0.4, 0.5) is 13.2 Å². The van der Waals surface area contributed by atoms with Gasteiger partial charge in [-0.05, 0) is 30.2 Å². The Morgan fingerprint density at radius 1 is 1.27 bits per heavy atom. The quantitative estimate of drug-likeness (QED) is 0.448. The molecule has 0 saturated carbocycles. The lowest BCUT2D eigenvalue weighted by Crippen LogP contribution is -2.32. The van der Waals surface area contributed by atoms with Crippen LogP contribution in [0.1, 0.15) is 17.9 Å². The molecule has 26 heavy (non-hydrogen) atoms. The first-order valence-corrected chi connectivity index (χ1v) is 9.12. The van der Waals surface area contributed by atoms with Gasteiger partial charge in [-0.15, -0.1) is 0 Å². The van der Waals surface area contributed by atoms with Crippen molar-refractivity contribution in [1.82, 2.24) is 4.72 Å². The normalized spacial score (nSPS) is 15.0. The zero-order valence-corrected chi connectivity index (χ0v) is 15.3. The molecule has 1 atom stereocenters. The van der Waals surface area contributed by atoms with Crippen LogP contribution in [0.25, 0.3) is 0 Å². The Bertz CT molecular complexity index is 763. The van der Waals surface area contributed by atoms with Gasteiger partial charge in [0.25, 0.3) is 10.0 Å². The molecule has 0 aliphatic carbocycles. The Morgan fingerprint density at radius 2 is 1.85 bits per heavy atom. The summed E-state index contributed by atoms with van der Waals surface area (Å²) in [6.45, 7) is -0.465. The van der Waals surface area contributed by atoms with Crippen LogP contribution in [0.2, 0.25) is 5.02 Å². The Hall–Kier alpha value is -1.91. The van der Waals surface area contributed by atoms with Crippen LogP contribution in [-0.4, -0.2) is 28.2 Å². The molecule has 0 fully saturated rings. The summed E-state index contributed by atoms with van der Waals surface area (Å²) in [7, 11) is -2.88. The van der Waals surface area contributed by atoms with Gasteiger partial charge in [0.1, 0.15) is 5.03 Å². The molecule has 6 nitrogen and oxygen atoms in total. The Kier molecular flexibility index (Phi) is 7.79. The number of hydrogen-bond donors (Lipinski definition) is 3. The van der Waals surface area contributed by atoms with Crippen LogP contribution in [-0.2, 0) is 14.8 Å². The molecule has 0 radical (unpaired) electrons. The number of hydrogen-bond acceptors (Lipinski definition) is 5. The molecule has 11 heteroatoms. The number of halogens is 4. The second-order valence-corrected chi connectivity index (χ2v) is 7.38. The second kappa shape index (κ2) is 9.15. The van der Waals surface area contributed by atoms with Gasteiger partial charge in [0.15, 0.2) is 5.88 Å². The maximum atomic E-state index is 13.3. The van der Waals surface area contributed by atoms with Gasteiger partial charge in [0.2, 0.25) is 0 Å². The zero-order chi connectivity index (χ0) is 20.0. The summed E-state index contributed by atoms with van der Waals surface area (Å²) in [6, 6.07) is 5.18. The lowest BCUT2D eigenvalue weighted by atomic mass is 9.95. The molecule has 1 aromatic rings. The number of allylic oxidation sites excluding steroid dienone is 2. The van der Waals surface area contributed by atoms with E-state index in [-0.39, 0.29) is 11.4 Å². The van der Waals surface area contributed by atoms with Crippen LogP contribution in [0.5, 0.6) is 0 Å². The maximum absolute atomic E-state index is 13.3. The fourth-order valence-electron chi connectivity index (χ4n) is 1.96. The molecule has 0 aliphatic rings. The number of rotatable bonds is 8. The first-order valence-electron chi connectivity index (χ1n) is 7.26. The van der Waals surface area contributed by atoms with Crippen molar-refractivity contribution in [3.8, 4) is 0 Å². The highest BCUT2D eigenvalue weighted by atomic mass is 35.5. The summed E-state index contributed by atoms with van der Waals surface area (Å²) in [6.07, 6.45) is -2.97. The average molecular weight is 414 g/mol. The van der Waals surface area contributed by atoms with E-state index in [9.17, 15) is 21.6 Å². The van der Waals surface area contributed by atoms with E-state index in [4.69, 9.17) is 23.1 Å². The van der Waals surface area contributed by atoms with Crippen LogP contribution >= 0.6 is 11.6 Å². The molecule has 0 spiro atoms. The average Bonchev–Trinajstić information content (AvgIpc) is 2.56. The van der Waals surface area contributed by atoms with E-state index in [0.717, 1.165) is 12.2 Å². The number of benzene rings is 1. The Balaban J connectivity index is 2.82. The Labute approximate surface area is 154 Å². The number of sulfonamides is 1. The fourth-order valence-corrected chi connectivity index (χ4v) is 2.88. The van der Waals surface area contributed by atoms with Crippen LogP contribution in [0, 0.1) is 0 Å². The lowest BCUT2D eigenvalue weighted by molar-refractivity contribution is -0.151. The highest BCUT2D eigenvalue weighted by Gasteiger charge is 2.40. The van der Waals surface area contributed by atoms with Gasteiger partial charge in [-0.1, -0.05) is 23.7 Å². The summed E-state index contributed by atoms with van der Waals surface area (Å²) in [5, 5.41) is -0.302. The van der Waals surface area contributed by atoms with Crippen molar-refractivity contribution >= 4 is 21.6 Å². The topological polar surface area (TPSA) is 107 Å². The monoisotopic (exact) mass is 413 g/mol. The predicted molar refractivity (Wildman–Crippen MR) is 93.3 cm³/mol. The molecule has 146 valence electrons. The summed E-state index contributed by atoms with van der Waals surface area (Å²) in [5.41, 5.74) is 10.7. The minimum Gasteiger partial charge on any atom is -0.483 e. The second-order valence-electron chi connectivity index (χ2n) is 5.17. The molecule has 0 amide bonds. The van der Waals surface area contributed by atoms with Crippen molar-refractivity contribution in [2.75, 3.05) is 13.7 Å². The molecular formula is C15H19ClF3N3O3S. The Morgan fingerprint density at radius 3 is 2.35 bits per heavy atom. The molecule has 0 aromatic heterocycles. The first-order chi connectivity index (χ1) is 12.0. The number of ether oxygens (including phenoxy) is 1. The SMILES string of the molecule is CO/C(N)=C/C=C(\N)S(=O)(=O)NCC[C@H](c1ccc(Cl)cc1)C(F)(F)F. The number of nitrogens with one attached hydrogen (secondary N) is 1. The van der Waals surface area contributed by atoms with Crippen molar-refractivity contribution in [1.29, 1.82) is 0 Å². The first kappa shape index (κ1) is 22.1. The third-order valence-electron chi connectivity index (χ3n) is 3.35. The van der Waals surface area contributed by atoms with Crippen molar-refractivity contribution in [2.24, 2.45) is 11.5 Å². The van der Waals surface area contributed by atoms with Gasteiger partial charge in [-0.25, -0.2) is 13.1 Å². The molecular weight excluding hydrogens is 395 g/mol. The van der Waals surface area contributed by atoms with Crippen molar-refractivity contribution in [2.45, 2.75) is 18.5 Å². The van der Waals surface area contributed by atoms with Crippen molar-refractivity contribution in [3.05, 3.63) is 57.9 Å². The minimum absolute atomic E-state index is 0.0135. The van der Waals surface area contributed by atoms with E-state index < -0.39 is 40.1 Å². The van der Waals surface area contributed by atoms with E-state index in [1.807, 2.05) is 4.72 Å². The molecule has 1 aromatic carbocycles. The highest BCUT2D eigenvalue weighted by molar-refractivity contribution is 7.93. The number of nitrogens with two attached hydrogens (primary N) is 2. The van der Waals surface area contributed by atoms with E-state index in [1.165, 1.54) is 31.4 Å². The van der Waals surface area contributed by atoms with E-state index in [2.05, 4.69) is 4.74 Å². The van der Waals surface area contributed by atoms with Crippen LogP contribution in [0.3, 0.4) is 0 Å². The third-order valence-corrected chi connectivity index (χ3v) is 4.94. The van der Waals surface area contributed by atoms with Gasteiger partial charge >= 0.3 is 6.18 Å². The molecule has 0 saturated heterocycles. The van der Waals surface area contributed by atoms with E-state index >= 15 is 0 Å². The summed E-state index contributed by atoms with van der Waals surface area (Å²) in [5.74, 6) is -1.93. The minimum atomic E-state index is -4.55. The van der Waals surface area contributed by atoms with Crippen LogP contribution in [0.15, 0.2) is 47.3 Å². The molecule has 5 N–H and O–H groups in total. The molecule has 0 unspecified atom stereocenters. The summed E-state index contributed by atoms with van der Waals surface area (Å²) < 4.78 is 70.3. The van der Waals surface area contributed by atoms with Gasteiger partial charge in [0.05, 0.1) is 13.0 Å². The zero-order valence-electron chi connectivity index (χ0n) is 13.8. The van der Waals surface area contributed by atoms with Crippen LogP contribution < -0.4 is 16.2 Å². The van der Waals surface area contributed by atoms with Gasteiger partial charge in [0, 0.05) is 17.6 Å². The molecule has 1 rings (SSSR count). The van der Waals surface area contributed by atoms with Crippen molar-refractivity contribution < 1.29 is 26.3 Å². The predicted octanol–water partition coefficient (Wildman–Crippen LogP) is 2.54. The van der Waals surface area contributed by atoms with Gasteiger partial charge < -0.3 is 16.2 Å². The van der Waals surface area contributed by atoms with Gasteiger partial charge in [-0.2, -0.15) is 13.2 Å². The summed E-state index contributed by atoms with van der Waals surface area (Å²) >= 11 is 5.68. The lowest BCUT2D eigenvalue weighted by Gasteiger charge is -2.21. The largest absolute Gasteiger partial charge is 0.483 e. The highest BCUT2D eigenvalue weighted by Crippen LogP contribution is 2.37. The number of methoxy groups -OCH3 is 1. The molecule has 0 heterocycles. The standard InChI is InChI=1S/C15H19ClF3N3O3S/c1-25-13(20)6-7-14(21)26(23,24)22-9-8-12(15(17,18)19)10-2-4-11(16)5-3-10/h2-7,12,22H,8-9,20-21H2,1H3/b13-6+,14-7+/t12-/m1/s1. The molecule has 0 aliphatic heterocycles. The third kappa shape index (κ3) is 6.77. The van der Waals surface area contributed by atoms with Crippen molar-refractivity contribution in [3.63, 3.8) is 0 Å². The van der Waals surface area contributed by atoms with E-state index in [1.54, 1.807) is 0 Å². The maximum Gasteiger partial charge on any atom is 0.395 e. The van der Waals surface area contributed by atoms with Gasteiger partial charge in [-0.3, -0.25) is 0 Å². The number of alkyl halides is 3. The molecule has 0 bridgehead atoms. The van der Waals surface area contributed by atoms with E-state index in [0.29, 0.717) is 5.02 Å².